The molecule has 1 N–H and O–H groups in total. The molecule has 16 heavy (non-hydrogen) atoms. The van der Waals surface area contributed by atoms with E-state index < -0.39 is 27.8 Å². The summed E-state index contributed by atoms with van der Waals surface area (Å²) in [6.45, 7) is -0.226. The molecule has 0 spiro atoms. The van der Waals surface area contributed by atoms with Crippen molar-refractivity contribution in [2.24, 2.45) is 0 Å². The van der Waals surface area contributed by atoms with Crippen LogP contribution in [0.25, 0.3) is 0 Å². The Bertz CT molecular complexity index is 408. The number of benzene rings is 1. The molecular formula is C10H11FO4S. The Morgan fingerprint density at radius 3 is 2.69 bits per heavy atom. The van der Waals surface area contributed by atoms with Gasteiger partial charge in [0.2, 0.25) is 0 Å². The van der Waals surface area contributed by atoms with Crippen LogP contribution in [0.5, 0.6) is 0 Å². The normalized spacial score (nSPS) is 14.4. The standard InChI is InChI=1S/C10H11FO4S/c1-15-6-9(10(12)13)16(14)8-5-3-2-4-7(8)11/h2-5,9H,6H2,1H3,(H,12,13). The summed E-state index contributed by atoms with van der Waals surface area (Å²) in [6, 6.07) is 5.39. The average molecular weight is 246 g/mol. The molecule has 4 nitrogen and oxygen atoms in total. The van der Waals surface area contributed by atoms with Crippen molar-refractivity contribution in [2.45, 2.75) is 10.1 Å². The lowest BCUT2D eigenvalue weighted by Gasteiger charge is -2.11. The summed E-state index contributed by atoms with van der Waals surface area (Å²) in [5.74, 6) is -1.95. The zero-order valence-corrected chi connectivity index (χ0v) is 9.37. The Labute approximate surface area is 94.5 Å². The molecule has 0 saturated carbocycles. The number of carboxylic acid groups (broad SMARTS) is 1. The number of halogens is 1. The minimum absolute atomic E-state index is 0.119. The lowest BCUT2D eigenvalue weighted by atomic mass is 10.3. The first kappa shape index (κ1) is 12.8. The van der Waals surface area contributed by atoms with Crippen LogP contribution >= 0.6 is 0 Å². The fraction of sp³-hybridized carbons (Fsp3) is 0.300. The van der Waals surface area contributed by atoms with Crippen LogP contribution in [0.3, 0.4) is 0 Å². The minimum Gasteiger partial charge on any atom is -0.480 e. The van der Waals surface area contributed by atoms with Gasteiger partial charge in [-0.3, -0.25) is 9.00 Å². The maximum absolute atomic E-state index is 13.3. The third-order valence-electron chi connectivity index (χ3n) is 1.91. The van der Waals surface area contributed by atoms with Crippen LogP contribution in [0, 0.1) is 5.82 Å². The Balaban J connectivity index is 2.99. The number of ether oxygens (including phenoxy) is 1. The van der Waals surface area contributed by atoms with Crippen LogP contribution in [0.1, 0.15) is 0 Å². The number of rotatable bonds is 5. The van der Waals surface area contributed by atoms with Crippen molar-refractivity contribution in [3.8, 4) is 0 Å². The van der Waals surface area contributed by atoms with E-state index in [1.165, 1.54) is 25.3 Å². The highest BCUT2D eigenvalue weighted by Gasteiger charge is 2.27. The van der Waals surface area contributed by atoms with E-state index in [0.29, 0.717) is 0 Å². The highest BCUT2D eigenvalue weighted by atomic mass is 32.2. The van der Waals surface area contributed by atoms with E-state index in [1.54, 1.807) is 0 Å². The molecule has 0 aliphatic carbocycles. The zero-order valence-electron chi connectivity index (χ0n) is 8.55. The van der Waals surface area contributed by atoms with Crippen LogP contribution in [-0.2, 0) is 20.3 Å². The van der Waals surface area contributed by atoms with Crippen molar-refractivity contribution >= 4 is 16.8 Å². The monoisotopic (exact) mass is 246 g/mol. The summed E-state index contributed by atoms with van der Waals surface area (Å²) in [5.41, 5.74) is 0. The van der Waals surface area contributed by atoms with E-state index in [2.05, 4.69) is 4.74 Å². The molecule has 0 heterocycles. The second-order valence-electron chi connectivity index (χ2n) is 3.01. The molecule has 1 aromatic carbocycles. The number of hydrogen-bond donors (Lipinski definition) is 1. The molecule has 0 saturated heterocycles. The van der Waals surface area contributed by atoms with Crippen LogP contribution in [-0.4, -0.2) is 34.3 Å². The maximum Gasteiger partial charge on any atom is 0.322 e. The van der Waals surface area contributed by atoms with Crippen molar-refractivity contribution < 1.29 is 23.2 Å². The first-order chi connectivity index (χ1) is 7.57. The Hall–Kier alpha value is -1.27. The van der Waals surface area contributed by atoms with Gasteiger partial charge in [0.15, 0.2) is 5.25 Å². The van der Waals surface area contributed by atoms with E-state index in [4.69, 9.17) is 5.11 Å². The highest BCUT2D eigenvalue weighted by molar-refractivity contribution is 7.86. The third-order valence-corrected chi connectivity index (χ3v) is 3.52. The van der Waals surface area contributed by atoms with Gasteiger partial charge in [-0.25, -0.2) is 4.39 Å². The van der Waals surface area contributed by atoms with Gasteiger partial charge in [0.1, 0.15) is 5.82 Å². The smallest absolute Gasteiger partial charge is 0.322 e. The topological polar surface area (TPSA) is 63.6 Å². The molecule has 0 amide bonds. The Morgan fingerprint density at radius 1 is 1.56 bits per heavy atom. The number of hydrogen-bond acceptors (Lipinski definition) is 3. The van der Waals surface area contributed by atoms with Gasteiger partial charge < -0.3 is 9.84 Å². The van der Waals surface area contributed by atoms with Gasteiger partial charge in [0.05, 0.1) is 22.3 Å². The second kappa shape index (κ2) is 5.72. The first-order valence-electron chi connectivity index (χ1n) is 4.44. The second-order valence-corrected chi connectivity index (χ2v) is 4.61. The van der Waals surface area contributed by atoms with Gasteiger partial charge in [-0.15, -0.1) is 0 Å². The molecule has 0 aliphatic rings. The van der Waals surface area contributed by atoms with Crippen molar-refractivity contribution in [2.75, 3.05) is 13.7 Å². The fourth-order valence-electron chi connectivity index (χ4n) is 1.14. The van der Waals surface area contributed by atoms with Crippen molar-refractivity contribution in [1.29, 1.82) is 0 Å². The van der Waals surface area contributed by atoms with Gasteiger partial charge >= 0.3 is 5.97 Å². The van der Waals surface area contributed by atoms with Crippen LogP contribution in [0.4, 0.5) is 4.39 Å². The predicted molar refractivity (Wildman–Crippen MR) is 56.1 cm³/mol. The number of aliphatic carboxylic acids is 1. The van der Waals surface area contributed by atoms with Crippen molar-refractivity contribution in [3.05, 3.63) is 30.1 Å². The molecule has 1 aromatic rings. The predicted octanol–water partition coefficient (Wildman–Crippen LogP) is 1.03. The minimum atomic E-state index is -1.96. The Kier molecular flexibility index (Phi) is 4.57. The largest absolute Gasteiger partial charge is 0.480 e. The molecule has 0 radical (unpaired) electrons. The zero-order chi connectivity index (χ0) is 12.1. The van der Waals surface area contributed by atoms with Crippen LogP contribution < -0.4 is 0 Å². The van der Waals surface area contributed by atoms with Gasteiger partial charge in [-0.05, 0) is 12.1 Å². The number of carbonyl (C=O) groups is 1. The van der Waals surface area contributed by atoms with E-state index >= 15 is 0 Å². The molecule has 0 aromatic heterocycles. The van der Waals surface area contributed by atoms with E-state index in [1.807, 2.05) is 0 Å². The molecule has 6 heteroatoms. The summed E-state index contributed by atoms with van der Waals surface area (Å²) < 4.78 is 29.7. The molecule has 0 fully saturated rings. The first-order valence-corrected chi connectivity index (χ1v) is 5.66. The van der Waals surface area contributed by atoms with E-state index in [9.17, 15) is 13.4 Å². The van der Waals surface area contributed by atoms with Crippen molar-refractivity contribution in [1.82, 2.24) is 0 Å². The molecule has 88 valence electrons. The molecule has 0 aliphatic heterocycles. The fourth-order valence-corrected chi connectivity index (χ4v) is 2.36. The maximum atomic E-state index is 13.3. The lowest BCUT2D eigenvalue weighted by molar-refractivity contribution is -0.137. The number of carboxylic acids is 1. The van der Waals surface area contributed by atoms with Crippen LogP contribution in [0.2, 0.25) is 0 Å². The van der Waals surface area contributed by atoms with E-state index in [-0.39, 0.29) is 11.5 Å². The van der Waals surface area contributed by atoms with Crippen LogP contribution in [0.15, 0.2) is 29.2 Å². The van der Waals surface area contributed by atoms with E-state index in [0.717, 1.165) is 6.07 Å². The summed E-state index contributed by atoms with van der Waals surface area (Å²) in [7, 11) is -0.662. The van der Waals surface area contributed by atoms with Crippen molar-refractivity contribution in [3.63, 3.8) is 0 Å². The molecule has 2 unspecified atom stereocenters. The summed E-state index contributed by atoms with van der Waals surface area (Å²) in [4.78, 5) is 10.7. The lowest BCUT2D eigenvalue weighted by Crippen LogP contribution is -2.30. The average Bonchev–Trinajstić information content (AvgIpc) is 2.25. The Morgan fingerprint density at radius 2 is 2.19 bits per heavy atom. The summed E-state index contributed by atoms with van der Waals surface area (Å²) >= 11 is 0. The molecule has 2 atom stereocenters. The van der Waals surface area contributed by atoms with Gasteiger partial charge in [-0.2, -0.15) is 0 Å². The molecule has 0 bridgehead atoms. The third kappa shape index (κ3) is 2.86. The molecular weight excluding hydrogens is 235 g/mol. The summed E-state index contributed by atoms with van der Waals surface area (Å²) in [6.07, 6.45) is 0. The van der Waals surface area contributed by atoms with Gasteiger partial charge in [0.25, 0.3) is 0 Å². The van der Waals surface area contributed by atoms with Gasteiger partial charge in [0, 0.05) is 7.11 Å². The molecule has 1 rings (SSSR count). The SMILES string of the molecule is COCC(C(=O)O)S(=O)c1ccccc1F. The quantitative estimate of drug-likeness (QED) is 0.843. The number of methoxy groups -OCH3 is 1. The highest BCUT2D eigenvalue weighted by Crippen LogP contribution is 2.15. The van der Waals surface area contributed by atoms with Gasteiger partial charge in [-0.1, -0.05) is 12.1 Å². The summed E-state index contributed by atoms with van der Waals surface area (Å²) in [5, 5.41) is 7.57.